The number of carbonyl (C=O) groups is 2. The van der Waals surface area contributed by atoms with Gasteiger partial charge in [0.25, 0.3) is 5.91 Å². The van der Waals surface area contributed by atoms with Crippen LogP contribution < -0.4 is 10.1 Å². The first kappa shape index (κ1) is 18.4. The average molecular weight is 363 g/mol. The van der Waals surface area contributed by atoms with Gasteiger partial charge in [0, 0.05) is 31.4 Å². The molecule has 0 saturated heterocycles. The van der Waals surface area contributed by atoms with E-state index in [-0.39, 0.29) is 24.8 Å². The van der Waals surface area contributed by atoms with Gasteiger partial charge in [-0.3, -0.25) is 14.6 Å². The molecule has 0 bridgehead atoms. The van der Waals surface area contributed by atoms with Crippen molar-refractivity contribution in [1.29, 1.82) is 0 Å². The van der Waals surface area contributed by atoms with Gasteiger partial charge < -0.3 is 15.0 Å². The highest BCUT2D eigenvalue weighted by molar-refractivity contribution is 5.95. The lowest BCUT2D eigenvalue weighted by molar-refractivity contribution is -0.130. The summed E-state index contributed by atoms with van der Waals surface area (Å²) in [7, 11) is 3.35. The fourth-order valence-electron chi connectivity index (χ4n) is 2.60. The van der Waals surface area contributed by atoms with E-state index in [0.717, 1.165) is 16.5 Å². The Balaban J connectivity index is 1.60. The van der Waals surface area contributed by atoms with Crippen LogP contribution in [0.1, 0.15) is 5.56 Å². The smallest absolute Gasteiger partial charge is 0.259 e. The molecule has 3 aromatic rings. The lowest BCUT2D eigenvalue weighted by Gasteiger charge is -2.12. The van der Waals surface area contributed by atoms with Gasteiger partial charge in [-0.15, -0.1) is 0 Å². The second-order valence-electron chi connectivity index (χ2n) is 6.32. The zero-order chi connectivity index (χ0) is 19.2. The largest absolute Gasteiger partial charge is 0.484 e. The molecule has 3 rings (SSSR count). The number of hydrogen-bond donors (Lipinski definition) is 1. The van der Waals surface area contributed by atoms with Gasteiger partial charge in [-0.05, 0) is 35.9 Å². The van der Waals surface area contributed by atoms with Crippen molar-refractivity contribution in [3.63, 3.8) is 0 Å². The maximum absolute atomic E-state index is 12.4. The highest BCUT2D eigenvalue weighted by Crippen LogP contribution is 2.18. The van der Waals surface area contributed by atoms with Crippen molar-refractivity contribution in [2.75, 3.05) is 26.0 Å². The van der Waals surface area contributed by atoms with Crippen molar-refractivity contribution in [3.8, 4) is 5.75 Å². The average Bonchev–Trinajstić information content (AvgIpc) is 2.67. The van der Waals surface area contributed by atoms with Gasteiger partial charge in [0.05, 0.1) is 11.9 Å². The fourth-order valence-corrected chi connectivity index (χ4v) is 2.60. The van der Waals surface area contributed by atoms with Crippen molar-refractivity contribution in [1.82, 2.24) is 9.88 Å². The van der Waals surface area contributed by atoms with Crippen LogP contribution in [-0.4, -0.2) is 42.4 Å². The van der Waals surface area contributed by atoms with Crippen molar-refractivity contribution in [3.05, 3.63) is 66.4 Å². The molecule has 0 radical (unpaired) electrons. The number of carbonyl (C=O) groups excluding carboxylic acids is 2. The number of ether oxygens (including phenoxy) is 1. The van der Waals surface area contributed by atoms with Crippen LogP contribution in [0.2, 0.25) is 0 Å². The first-order chi connectivity index (χ1) is 13.0. The summed E-state index contributed by atoms with van der Waals surface area (Å²) in [6.45, 7) is -0.0210. The van der Waals surface area contributed by atoms with E-state index in [9.17, 15) is 9.59 Å². The predicted octanol–water partition coefficient (Wildman–Crippen LogP) is 2.88. The zero-order valence-corrected chi connectivity index (χ0v) is 15.3. The van der Waals surface area contributed by atoms with Crippen LogP contribution in [0.4, 0.5) is 5.69 Å². The molecule has 0 aliphatic carbocycles. The molecule has 0 spiro atoms. The van der Waals surface area contributed by atoms with Crippen molar-refractivity contribution in [2.45, 2.75) is 6.42 Å². The second kappa shape index (κ2) is 8.31. The third kappa shape index (κ3) is 4.82. The number of nitrogens with zero attached hydrogens (tertiary/aromatic N) is 2. The van der Waals surface area contributed by atoms with Crippen LogP contribution in [0.5, 0.6) is 5.75 Å². The SMILES string of the molecule is CN(C)C(=O)COc1ccc(NC(=O)Cc2cccc3cccnc23)cc1. The number of fused-ring (bicyclic) bond motifs is 1. The van der Waals surface area contributed by atoms with Gasteiger partial charge in [-0.1, -0.05) is 24.3 Å². The Bertz CT molecular complexity index is 947. The number of aromatic nitrogens is 1. The minimum Gasteiger partial charge on any atom is -0.484 e. The molecular weight excluding hydrogens is 342 g/mol. The van der Waals surface area contributed by atoms with Gasteiger partial charge in [0.2, 0.25) is 5.91 Å². The first-order valence-electron chi connectivity index (χ1n) is 8.58. The van der Waals surface area contributed by atoms with E-state index in [0.29, 0.717) is 11.4 Å². The monoisotopic (exact) mass is 363 g/mol. The Morgan fingerprint density at radius 2 is 1.78 bits per heavy atom. The first-order valence-corrected chi connectivity index (χ1v) is 8.58. The normalized spacial score (nSPS) is 10.4. The number of likely N-dealkylation sites (N-methyl/N-ethyl adjacent to an activating group) is 1. The van der Waals surface area contributed by atoms with E-state index >= 15 is 0 Å². The molecule has 1 aromatic heterocycles. The molecule has 6 nitrogen and oxygen atoms in total. The summed E-state index contributed by atoms with van der Waals surface area (Å²) in [6, 6.07) is 16.6. The van der Waals surface area contributed by atoms with Crippen LogP contribution >= 0.6 is 0 Å². The highest BCUT2D eigenvalue weighted by Gasteiger charge is 2.09. The molecule has 0 fully saturated rings. The predicted molar refractivity (Wildman–Crippen MR) is 105 cm³/mol. The highest BCUT2D eigenvalue weighted by atomic mass is 16.5. The molecule has 0 aliphatic heterocycles. The van der Waals surface area contributed by atoms with E-state index < -0.39 is 0 Å². The lowest BCUT2D eigenvalue weighted by atomic mass is 10.1. The van der Waals surface area contributed by atoms with Crippen LogP contribution in [-0.2, 0) is 16.0 Å². The summed E-state index contributed by atoms with van der Waals surface area (Å²) in [5, 5.41) is 3.88. The van der Waals surface area contributed by atoms with Crippen LogP contribution in [0.15, 0.2) is 60.8 Å². The van der Waals surface area contributed by atoms with Gasteiger partial charge in [-0.2, -0.15) is 0 Å². The summed E-state index contributed by atoms with van der Waals surface area (Å²) in [5.41, 5.74) is 2.39. The number of amides is 2. The minimum atomic E-state index is -0.121. The van der Waals surface area contributed by atoms with E-state index in [1.165, 1.54) is 4.90 Å². The maximum atomic E-state index is 12.4. The van der Waals surface area contributed by atoms with Gasteiger partial charge in [0.1, 0.15) is 5.75 Å². The topological polar surface area (TPSA) is 71.5 Å². The molecule has 0 unspecified atom stereocenters. The number of hydrogen-bond acceptors (Lipinski definition) is 4. The molecule has 0 aliphatic rings. The number of benzene rings is 2. The van der Waals surface area contributed by atoms with Crippen molar-refractivity contribution < 1.29 is 14.3 Å². The van der Waals surface area contributed by atoms with Gasteiger partial charge in [0.15, 0.2) is 6.61 Å². The van der Waals surface area contributed by atoms with Crippen LogP contribution in [0.3, 0.4) is 0 Å². The van der Waals surface area contributed by atoms with Crippen LogP contribution in [0.25, 0.3) is 10.9 Å². The van der Waals surface area contributed by atoms with Crippen molar-refractivity contribution in [2.24, 2.45) is 0 Å². The maximum Gasteiger partial charge on any atom is 0.259 e. The molecule has 0 atom stereocenters. The Morgan fingerprint density at radius 3 is 2.52 bits per heavy atom. The Kier molecular flexibility index (Phi) is 5.66. The number of rotatable bonds is 6. The third-order valence-corrected chi connectivity index (χ3v) is 4.07. The summed E-state index contributed by atoms with van der Waals surface area (Å²) >= 11 is 0. The standard InChI is InChI=1S/C21H21N3O3/c1-24(2)20(26)14-27-18-10-8-17(9-11-18)23-19(25)13-16-6-3-5-15-7-4-12-22-21(15)16/h3-12H,13-14H2,1-2H3,(H,23,25). The van der Waals surface area contributed by atoms with Gasteiger partial charge >= 0.3 is 0 Å². The number of nitrogens with one attached hydrogen (secondary N) is 1. The summed E-state index contributed by atoms with van der Waals surface area (Å²) in [4.78, 5) is 29.8. The van der Waals surface area contributed by atoms with Gasteiger partial charge in [-0.25, -0.2) is 0 Å². The molecule has 1 heterocycles. The Hall–Kier alpha value is -3.41. The van der Waals surface area contributed by atoms with E-state index in [4.69, 9.17) is 4.74 Å². The Morgan fingerprint density at radius 1 is 1.04 bits per heavy atom. The molecule has 2 amide bonds. The molecular formula is C21H21N3O3. The lowest BCUT2D eigenvalue weighted by Crippen LogP contribution is -2.27. The van der Waals surface area contributed by atoms with Crippen molar-refractivity contribution >= 4 is 28.4 Å². The summed E-state index contributed by atoms with van der Waals surface area (Å²) in [6.07, 6.45) is 1.97. The Labute approximate surface area is 157 Å². The number of pyridine rings is 1. The fraction of sp³-hybridized carbons (Fsp3) is 0.190. The molecule has 2 aromatic carbocycles. The molecule has 0 saturated carbocycles. The van der Waals surface area contributed by atoms with E-state index in [1.807, 2.05) is 30.3 Å². The van der Waals surface area contributed by atoms with Crippen LogP contribution in [0, 0.1) is 0 Å². The second-order valence-corrected chi connectivity index (χ2v) is 6.32. The zero-order valence-electron chi connectivity index (χ0n) is 15.3. The van der Waals surface area contributed by atoms with E-state index in [2.05, 4.69) is 10.3 Å². The summed E-state index contributed by atoms with van der Waals surface area (Å²) in [5.74, 6) is 0.335. The third-order valence-electron chi connectivity index (χ3n) is 4.07. The summed E-state index contributed by atoms with van der Waals surface area (Å²) < 4.78 is 5.42. The number of anilines is 1. The molecule has 1 N–H and O–H groups in total. The minimum absolute atomic E-state index is 0.0210. The molecule has 27 heavy (non-hydrogen) atoms. The molecule has 6 heteroatoms. The number of para-hydroxylation sites is 1. The van der Waals surface area contributed by atoms with E-state index in [1.54, 1.807) is 44.6 Å². The quantitative estimate of drug-likeness (QED) is 0.731. The molecule has 138 valence electrons.